The summed E-state index contributed by atoms with van der Waals surface area (Å²) in [4.78, 5) is 24.7. The van der Waals surface area contributed by atoms with Crippen LogP contribution in [0.5, 0.6) is 0 Å². The number of rotatable bonds is 6. The molecule has 1 amide bonds. The number of amides is 1. The molecule has 2 heterocycles. The van der Waals surface area contributed by atoms with Gasteiger partial charge in [0.1, 0.15) is 5.82 Å². The first-order chi connectivity index (χ1) is 14.5. The van der Waals surface area contributed by atoms with Gasteiger partial charge < -0.3 is 9.84 Å². The van der Waals surface area contributed by atoms with Crippen molar-refractivity contribution in [3.8, 4) is 22.7 Å². The third-order valence-electron chi connectivity index (χ3n) is 4.55. The zero-order chi connectivity index (χ0) is 21.1. The summed E-state index contributed by atoms with van der Waals surface area (Å²) in [5.74, 6) is 0.124. The number of aromatic nitrogens is 4. The van der Waals surface area contributed by atoms with Gasteiger partial charge >= 0.3 is 5.69 Å². The van der Waals surface area contributed by atoms with Gasteiger partial charge in [0.05, 0.1) is 6.54 Å². The van der Waals surface area contributed by atoms with Crippen LogP contribution in [0, 0.1) is 5.82 Å². The molecule has 2 aromatic carbocycles. The standard InChI is InChI=1S/C21H18FN5O3/c1-26-19(15-7-9-16(22)10-8-15)24-27(21(26)29)12-11-23-20(28)17-13-18(30-25-17)14-5-3-2-4-6-14/h2-10,13H,11-12H2,1H3,(H,23,28). The van der Waals surface area contributed by atoms with E-state index in [1.54, 1.807) is 25.2 Å². The number of halogens is 1. The Kier molecular flexibility index (Phi) is 5.25. The van der Waals surface area contributed by atoms with Crippen molar-refractivity contribution in [3.05, 3.63) is 82.7 Å². The molecule has 30 heavy (non-hydrogen) atoms. The maximum absolute atomic E-state index is 13.1. The molecule has 0 bridgehead atoms. The minimum absolute atomic E-state index is 0.147. The van der Waals surface area contributed by atoms with Crippen LogP contribution in [0.15, 0.2) is 70.0 Å². The van der Waals surface area contributed by atoms with Gasteiger partial charge in [-0.05, 0) is 24.3 Å². The molecule has 4 rings (SSSR count). The monoisotopic (exact) mass is 407 g/mol. The van der Waals surface area contributed by atoms with E-state index in [1.807, 2.05) is 30.3 Å². The topological polar surface area (TPSA) is 95.0 Å². The summed E-state index contributed by atoms with van der Waals surface area (Å²) in [6.07, 6.45) is 0. The summed E-state index contributed by atoms with van der Waals surface area (Å²) in [5.41, 5.74) is 1.25. The van der Waals surface area contributed by atoms with Crippen LogP contribution < -0.4 is 11.0 Å². The zero-order valence-corrected chi connectivity index (χ0v) is 16.1. The number of hydrogen-bond donors (Lipinski definition) is 1. The Morgan fingerprint density at radius 3 is 2.57 bits per heavy atom. The molecule has 0 atom stereocenters. The van der Waals surface area contributed by atoms with E-state index < -0.39 is 5.91 Å². The van der Waals surface area contributed by atoms with Crippen molar-refractivity contribution in [2.45, 2.75) is 6.54 Å². The molecule has 0 fully saturated rings. The molecule has 0 aliphatic rings. The molecule has 0 saturated carbocycles. The van der Waals surface area contributed by atoms with E-state index in [0.717, 1.165) is 5.56 Å². The predicted molar refractivity (Wildman–Crippen MR) is 107 cm³/mol. The lowest BCUT2D eigenvalue weighted by Gasteiger charge is -2.02. The average molecular weight is 407 g/mol. The average Bonchev–Trinajstić information content (AvgIpc) is 3.36. The molecule has 0 saturated heterocycles. The lowest BCUT2D eigenvalue weighted by atomic mass is 10.1. The fourth-order valence-corrected chi connectivity index (χ4v) is 2.97. The highest BCUT2D eigenvalue weighted by Gasteiger charge is 2.15. The Balaban J connectivity index is 1.40. The number of nitrogens with zero attached hydrogens (tertiary/aromatic N) is 4. The smallest absolute Gasteiger partial charge is 0.345 e. The third kappa shape index (κ3) is 3.90. The van der Waals surface area contributed by atoms with Crippen molar-refractivity contribution < 1.29 is 13.7 Å². The highest BCUT2D eigenvalue weighted by atomic mass is 19.1. The Bertz CT molecular complexity index is 1230. The van der Waals surface area contributed by atoms with Crippen LogP contribution in [0.1, 0.15) is 10.5 Å². The number of benzene rings is 2. The Labute approximate surface area is 170 Å². The minimum atomic E-state index is -0.413. The maximum Gasteiger partial charge on any atom is 0.345 e. The molecule has 2 aromatic heterocycles. The van der Waals surface area contributed by atoms with Gasteiger partial charge in [-0.15, -0.1) is 5.10 Å². The number of carbonyl (C=O) groups excluding carboxylic acids is 1. The lowest BCUT2D eigenvalue weighted by molar-refractivity contribution is 0.0943. The van der Waals surface area contributed by atoms with E-state index >= 15 is 0 Å². The molecule has 152 valence electrons. The zero-order valence-electron chi connectivity index (χ0n) is 16.1. The van der Waals surface area contributed by atoms with Gasteiger partial charge in [-0.2, -0.15) is 0 Å². The van der Waals surface area contributed by atoms with Crippen LogP contribution in [0.3, 0.4) is 0 Å². The van der Waals surface area contributed by atoms with Crippen molar-refractivity contribution in [1.82, 2.24) is 24.8 Å². The predicted octanol–water partition coefficient (Wildman–Crippen LogP) is 2.47. The first-order valence-corrected chi connectivity index (χ1v) is 9.23. The van der Waals surface area contributed by atoms with Crippen LogP contribution in [0.2, 0.25) is 0 Å². The molecular weight excluding hydrogens is 389 g/mol. The van der Waals surface area contributed by atoms with Crippen molar-refractivity contribution >= 4 is 5.91 Å². The van der Waals surface area contributed by atoms with E-state index in [2.05, 4.69) is 15.6 Å². The van der Waals surface area contributed by atoms with Gasteiger partial charge in [0.15, 0.2) is 17.3 Å². The van der Waals surface area contributed by atoms with Crippen LogP contribution in [-0.2, 0) is 13.6 Å². The van der Waals surface area contributed by atoms with Crippen molar-refractivity contribution in [3.63, 3.8) is 0 Å². The molecule has 0 spiro atoms. The van der Waals surface area contributed by atoms with Gasteiger partial charge in [-0.25, -0.2) is 13.9 Å². The first kappa shape index (κ1) is 19.3. The van der Waals surface area contributed by atoms with Gasteiger partial charge in [0.2, 0.25) is 0 Å². The second kappa shape index (κ2) is 8.16. The van der Waals surface area contributed by atoms with Gasteiger partial charge in [0, 0.05) is 30.8 Å². The Morgan fingerprint density at radius 2 is 1.83 bits per heavy atom. The van der Waals surface area contributed by atoms with Crippen molar-refractivity contribution in [1.29, 1.82) is 0 Å². The summed E-state index contributed by atoms with van der Waals surface area (Å²) < 4.78 is 21.0. The van der Waals surface area contributed by atoms with Gasteiger partial charge in [-0.1, -0.05) is 35.5 Å². The maximum atomic E-state index is 13.1. The number of hydrogen-bond acceptors (Lipinski definition) is 5. The molecular formula is C21H18FN5O3. The minimum Gasteiger partial charge on any atom is -0.355 e. The van der Waals surface area contributed by atoms with Crippen LogP contribution >= 0.6 is 0 Å². The van der Waals surface area contributed by atoms with Crippen molar-refractivity contribution in [2.24, 2.45) is 7.05 Å². The molecule has 9 heteroatoms. The molecule has 8 nitrogen and oxygen atoms in total. The number of nitrogens with one attached hydrogen (secondary N) is 1. The summed E-state index contributed by atoms with van der Waals surface area (Å²) in [6, 6.07) is 16.6. The van der Waals surface area contributed by atoms with Gasteiger partial charge in [-0.3, -0.25) is 9.36 Å². The SMILES string of the molecule is Cn1c(-c2ccc(F)cc2)nn(CCNC(=O)c2cc(-c3ccccc3)on2)c1=O. The first-order valence-electron chi connectivity index (χ1n) is 9.23. The van der Waals surface area contributed by atoms with Crippen molar-refractivity contribution in [2.75, 3.05) is 6.54 Å². The lowest BCUT2D eigenvalue weighted by Crippen LogP contribution is -2.31. The van der Waals surface area contributed by atoms with E-state index in [0.29, 0.717) is 17.1 Å². The summed E-state index contributed by atoms with van der Waals surface area (Å²) in [7, 11) is 1.59. The van der Waals surface area contributed by atoms with Crippen LogP contribution in [-0.4, -0.2) is 32.0 Å². The highest BCUT2D eigenvalue weighted by molar-refractivity contribution is 5.93. The van der Waals surface area contributed by atoms with Crippen LogP contribution in [0.4, 0.5) is 4.39 Å². The quantitative estimate of drug-likeness (QED) is 0.530. The second-order valence-electron chi connectivity index (χ2n) is 6.59. The highest BCUT2D eigenvalue weighted by Crippen LogP contribution is 2.19. The van der Waals surface area contributed by atoms with Gasteiger partial charge in [0.25, 0.3) is 5.91 Å². The van der Waals surface area contributed by atoms with Crippen LogP contribution in [0.25, 0.3) is 22.7 Å². The second-order valence-corrected chi connectivity index (χ2v) is 6.59. The third-order valence-corrected chi connectivity index (χ3v) is 4.55. The normalized spacial score (nSPS) is 10.9. The van der Waals surface area contributed by atoms with E-state index in [9.17, 15) is 14.0 Å². The molecule has 0 unspecified atom stereocenters. The molecule has 0 radical (unpaired) electrons. The molecule has 0 aliphatic heterocycles. The summed E-state index contributed by atoms with van der Waals surface area (Å²) >= 11 is 0. The fourth-order valence-electron chi connectivity index (χ4n) is 2.97. The largest absolute Gasteiger partial charge is 0.355 e. The van der Waals surface area contributed by atoms with E-state index in [1.165, 1.54) is 21.4 Å². The summed E-state index contributed by atoms with van der Waals surface area (Å²) in [5, 5.41) is 10.8. The van der Waals surface area contributed by atoms with E-state index in [4.69, 9.17) is 4.52 Å². The molecule has 4 aromatic rings. The Hall–Kier alpha value is -4.01. The summed E-state index contributed by atoms with van der Waals surface area (Å²) in [6.45, 7) is 0.342. The van der Waals surface area contributed by atoms with E-state index in [-0.39, 0.29) is 30.3 Å². The fraction of sp³-hybridized carbons (Fsp3) is 0.143. The molecule has 1 N–H and O–H groups in total. The Morgan fingerprint density at radius 1 is 1.10 bits per heavy atom. The molecule has 0 aliphatic carbocycles. The number of carbonyl (C=O) groups is 1.